The Bertz CT molecular complexity index is 798. The van der Waals surface area contributed by atoms with Crippen LogP contribution in [-0.4, -0.2) is 35.5 Å². The number of fused-ring (bicyclic) bond motifs is 1. The number of nitrogens with zero attached hydrogens (tertiary/aromatic N) is 3. The van der Waals surface area contributed by atoms with Gasteiger partial charge in [-0.2, -0.15) is 0 Å². The molecule has 0 radical (unpaired) electrons. The number of nitrogens with one attached hydrogen (secondary N) is 2. The van der Waals surface area contributed by atoms with E-state index in [0.29, 0.717) is 25.7 Å². The van der Waals surface area contributed by atoms with E-state index in [1.165, 1.54) is 5.56 Å². The predicted octanol–water partition coefficient (Wildman–Crippen LogP) is 2.91. The van der Waals surface area contributed by atoms with Crippen molar-refractivity contribution in [3.63, 3.8) is 0 Å². The van der Waals surface area contributed by atoms with E-state index in [1.54, 1.807) is 18.4 Å². The molecule has 0 amide bonds. The molecule has 138 valence electrons. The minimum absolute atomic E-state index is 0.384. The Kier molecular flexibility index (Phi) is 6.62. The van der Waals surface area contributed by atoms with E-state index in [4.69, 9.17) is 4.74 Å². The predicted molar refractivity (Wildman–Crippen MR) is 107 cm³/mol. The van der Waals surface area contributed by atoms with Crippen molar-refractivity contribution >= 4 is 22.3 Å². The third kappa shape index (κ3) is 5.31. The number of hydrogen-bond acceptors (Lipinski definition) is 4. The molecule has 0 spiro atoms. The van der Waals surface area contributed by atoms with Gasteiger partial charge in [0.05, 0.1) is 25.5 Å². The summed E-state index contributed by atoms with van der Waals surface area (Å²) in [5, 5.41) is 8.67. The van der Waals surface area contributed by atoms with Crippen LogP contribution in [0, 0.1) is 5.92 Å². The first-order valence-electron chi connectivity index (χ1n) is 8.72. The number of thiazole rings is 1. The molecule has 3 rings (SSSR count). The molecule has 0 aliphatic carbocycles. The summed E-state index contributed by atoms with van der Waals surface area (Å²) in [5.41, 5.74) is 2.20. The Labute approximate surface area is 157 Å². The van der Waals surface area contributed by atoms with Crippen molar-refractivity contribution < 1.29 is 4.74 Å². The molecule has 3 aromatic rings. The zero-order valence-corrected chi connectivity index (χ0v) is 16.0. The Hall–Kier alpha value is -2.38. The third-order valence-corrected chi connectivity index (χ3v) is 4.71. The van der Waals surface area contributed by atoms with Crippen LogP contribution in [-0.2, 0) is 17.9 Å². The second-order valence-corrected chi connectivity index (χ2v) is 7.11. The van der Waals surface area contributed by atoms with Crippen molar-refractivity contribution in [2.24, 2.45) is 10.9 Å². The molecule has 1 atom stereocenters. The van der Waals surface area contributed by atoms with Crippen LogP contribution in [0.3, 0.4) is 0 Å². The maximum atomic E-state index is 5.79. The number of guanidine groups is 1. The van der Waals surface area contributed by atoms with Gasteiger partial charge in [0, 0.05) is 31.4 Å². The van der Waals surface area contributed by atoms with E-state index in [1.807, 2.05) is 40.4 Å². The minimum Gasteiger partial charge on any atom is -0.376 e. The van der Waals surface area contributed by atoms with E-state index in [2.05, 4.69) is 39.7 Å². The van der Waals surface area contributed by atoms with Crippen molar-refractivity contribution in [1.29, 1.82) is 0 Å². The van der Waals surface area contributed by atoms with Gasteiger partial charge in [0.2, 0.25) is 0 Å². The molecule has 6 nitrogen and oxygen atoms in total. The number of ether oxygens (including phenoxy) is 1. The van der Waals surface area contributed by atoms with Crippen LogP contribution in [0.4, 0.5) is 0 Å². The highest BCUT2D eigenvalue weighted by atomic mass is 32.1. The van der Waals surface area contributed by atoms with Crippen molar-refractivity contribution in [1.82, 2.24) is 20.0 Å². The van der Waals surface area contributed by atoms with E-state index >= 15 is 0 Å². The Morgan fingerprint density at radius 1 is 1.31 bits per heavy atom. The highest BCUT2D eigenvalue weighted by molar-refractivity contribution is 7.15. The molecule has 0 bridgehead atoms. The first-order chi connectivity index (χ1) is 12.7. The molecule has 2 heterocycles. The third-order valence-electron chi connectivity index (χ3n) is 3.94. The fourth-order valence-corrected chi connectivity index (χ4v) is 3.26. The number of aromatic nitrogens is 2. The van der Waals surface area contributed by atoms with Crippen LogP contribution in [0.1, 0.15) is 18.2 Å². The maximum absolute atomic E-state index is 5.79. The van der Waals surface area contributed by atoms with Crippen LogP contribution in [0.2, 0.25) is 0 Å². The smallest absolute Gasteiger partial charge is 0.193 e. The minimum atomic E-state index is 0.384. The van der Waals surface area contributed by atoms with E-state index < -0.39 is 0 Å². The molecule has 7 heteroatoms. The molecule has 1 aromatic carbocycles. The lowest BCUT2D eigenvalue weighted by atomic mass is 10.2. The van der Waals surface area contributed by atoms with Crippen LogP contribution in [0.15, 0.2) is 53.1 Å². The monoisotopic (exact) mass is 371 g/mol. The standard InChI is InChI=1S/C19H25N5OS/c1-15(13-25-14-16-6-4-3-5-7-16)10-21-18(20-2)22-11-17-12-24-8-9-26-19(24)23-17/h3-9,12,15H,10-11,13-14H2,1-2H3,(H2,20,21,22). The summed E-state index contributed by atoms with van der Waals surface area (Å²) in [6, 6.07) is 10.2. The molecule has 2 aromatic heterocycles. The van der Waals surface area contributed by atoms with Crippen LogP contribution in [0.5, 0.6) is 0 Å². The Morgan fingerprint density at radius 3 is 2.92 bits per heavy atom. The van der Waals surface area contributed by atoms with Gasteiger partial charge in [-0.05, 0) is 11.5 Å². The molecule has 26 heavy (non-hydrogen) atoms. The Morgan fingerprint density at radius 2 is 2.15 bits per heavy atom. The van der Waals surface area contributed by atoms with Gasteiger partial charge in [-0.25, -0.2) is 4.98 Å². The van der Waals surface area contributed by atoms with Gasteiger partial charge in [0.15, 0.2) is 10.9 Å². The summed E-state index contributed by atoms with van der Waals surface area (Å²) in [6.07, 6.45) is 4.05. The number of imidazole rings is 1. The van der Waals surface area contributed by atoms with Crippen molar-refractivity contribution in [3.05, 3.63) is 59.4 Å². The normalized spacial score (nSPS) is 13.1. The lowest BCUT2D eigenvalue weighted by Crippen LogP contribution is -2.39. The number of aliphatic imine (C=N–C) groups is 1. The number of rotatable bonds is 8. The average molecular weight is 372 g/mol. The second kappa shape index (κ2) is 9.35. The van der Waals surface area contributed by atoms with E-state index in [9.17, 15) is 0 Å². The molecular weight excluding hydrogens is 346 g/mol. The Balaban J connectivity index is 1.35. The lowest BCUT2D eigenvalue weighted by molar-refractivity contribution is 0.0931. The topological polar surface area (TPSA) is 63.0 Å². The maximum Gasteiger partial charge on any atom is 0.193 e. The fourth-order valence-electron chi connectivity index (χ4n) is 2.54. The number of hydrogen-bond donors (Lipinski definition) is 2. The lowest BCUT2D eigenvalue weighted by Gasteiger charge is -2.16. The van der Waals surface area contributed by atoms with Gasteiger partial charge < -0.3 is 15.4 Å². The van der Waals surface area contributed by atoms with E-state index in [-0.39, 0.29) is 0 Å². The van der Waals surface area contributed by atoms with Crippen LogP contribution in [0.25, 0.3) is 4.96 Å². The molecule has 0 saturated heterocycles. The van der Waals surface area contributed by atoms with Crippen LogP contribution < -0.4 is 10.6 Å². The van der Waals surface area contributed by atoms with Gasteiger partial charge in [0.1, 0.15) is 0 Å². The summed E-state index contributed by atoms with van der Waals surface area (Å²) in [5.74, 6) is 1.16. The molecular formula is C19H25N5OS. The average Bonchev–Trinajstić information content (AvgIpc) is 3.24. The molecule has 0 fully saturated rings. The van der Waals surface area contributed by atoms with E-state index in [0.717, 1.165) is 23.2 Å². The molecule has 0 aliphatic rings. The second-order valence-electron chi connectivity index (χ2n) is 6.24. The summed E-state index contributed by atoms with van der Waals surface area (Å²) in [6.45, 7) is 4.96. The van der Waals surface area contributed by atoms with Crippen molar-refractivity contribution in [2.75, 3.05) is 20.2 Å². The van der Waals surface area contributed by atoms with Gasteiger partial charge in [0.25, 0.3) is 0 Å². The van der Waals surface area contributed by atoms with Crippen LogP contribution >= 0.6 is 11.3 Å². The molecule has 0 saturated carbocycles. The van der Waals surface area contributed by atoms with Crippen molar-refractivity contribution in [3.8, 4) is 0 Å². The number of benzene rings is 1. The quantitative estimate of drug-likeness (QED) is 0.472. The highest BCUT2D eigenvalue weighted by Crippen LogP contribution is 2.11. The highest BCUT2D eigenvalue weighted by Gasteiger charge is 2.06. The zero-order chi connectivity index (χ0) is 18.2. The van der Waals surface area contributed by atoms with Gasteiger partial charge in [-0.15, -0.1) is 11.3 Å². The molecule has 1 unspecified atom stereocenters. The van der Waals surface area contributed by atoms with Gasteiger partial charge in [-0.3, -0.25) is 9.39 Å². The van der Waals surface area contributed by atoms with Gasteiger partial charge >= 0.3 is 0 Å². The first kappa shape index (κ1) is 18.4. The first-order valence-corrected chi connectivity index (χ1v) is 9.60. The summed E-state index contributed by atoms with van der Waals surface area (Å²) < 4.78 is 7.82. The molecule has 2 N–H and O–H groups in total. The summed E-state index contributed by atoms with van der Waals surface area (Å²) in [7, 11) is 1.78. The summed E-state index contributed by atoms with van der Waals surface area (Å²) >= 11 is 1.63. The zero-order valence-electron chi connectivity index (χ0n) is 15.2. The SMILES string of the molecule is CN=C(NCc1cn2ccsc2n1)NCC(C)COCc1ccccc1. The van der Waals surface area contributed by atoms with Crippen molar-refractivity contribution in [2.45, 2.75) is 20.1 Å². The largest absolute Gasteiger partial charge is 0.376 e. The fraction of sp³-hybridized carbons (Fsp3) is 0.368. The summed E-state index contributed by atoms with van der Waals surface area (Å²) in [4.78, 5) is 9.83. The molecule has 0 aliphatic heterocycles. The van der Waals surface area contributed by atoms with Gasteiger partial charge in [-0.1, -0.05) is 37.3 Å².